The SMILES string of the molecule is CC(C)(C)OC(=O)n1c(=O)n(Cc2ccc(C#N)cc2F)c2ccccc21. The zero-order chi connectivity index (χ0) is 19.8. The Morgan fingerprint density at radius 3 is 2.44 bits per heavy atom. The van der Waals surface area contributed by atoms with Crippen molar-refractivity contribution in [3.8, 4) is 6.07 Å². The summed E-state index contributed by atoms with van der Waals surface area (Å²) >= 11 is 0. The second kappa shape index (κ2) is 6.72. The van der Waals surface area contributed by atoms with E-state index in [0.717, 1.165) is 10.6 Å². The van der Waals surface area contributed by atoms with Crippen LogP contribution in [0.5, 0.6) is 0 Å². The minimum absolute atomic E-state index is 0.0767. The molecular weight excluding hydrogens is 349 g/mol. The molecule has 0 radical (unpaired) electrons. The van der Waals surface area contributed by atoms with Crippen LogP contribution < -0.4 is 5.69 Å². The third-order valence-electron chi connectivity index (χ3n) is 3.92. The van der Waals surface area contributed by atoms with Crippen molar-refractivity contribution in [1.29, 1.82) is 5.26 Å². The summed E-state index contributed by atoms with van der Waals surface area (Å²) in [6.45, 7) is 5.05. The molecule has 0 atom stereocenters. The van der Waals surface area contributed by atoms with Crippen LogP contribution >= 0.6 is 0 Å². The standard InChI is InChI=1S/C20H18FN3O3/c1-20(2,3)27-19(26)24-17-7-5-4-6-16(17)23(18(24)25)12-14-9-8-13(11-22)10-15(14)21/h4-10H,12H2,1-3H3. The number of hydrogen-bond acceptors (Lipinski definition) is 4. The van der Waals surface area contributed by atoms with Gasteiger partial charge in [0.2, 0.25) is 0 Å². The fourth-order valence-electron chi connectivity index (χ4n) is 2.76. The number of para-hydroxylation sites is 2. The lowest BCUT2D eigenvalue weighted by Gasteiger charge is -2.19. The van der Waals surface area contributed by atoms with Crippen molar-refractivity contribution in [3.63, 3.8) is 0 Å². The van der Waals surface area contributed by atoms with E-state index in [-0.39, 0.29) is 17.7 Å². The van der Waals surface area contributed by atoms with Crippen LogP contribution in [0.25, 0.3) is 11.0 Å². The predicted molar refractivity (Wildman–Crippen MR) is 98.0 cm³/mol. The average molecular weight is 367 g/mol. The van der Waals surface area contributed by atoms with E-state index in [4.69, 9.17) is 10.00 Å². The van der Waals surface area contributed by atoms with Gasteiger partial charge in [0.05, 0.1) is 29.2 Å². The van der Waals surface area contributed by atoms with Crippen molar-refractivity contribution in [1.82, 2.24) is 9.13 Å². The van der Waals surface area contributed by atoms with Gasteiger partial charge in [-0.3, -0.25) is 4.57 Å². The highest BCUT2D eigenvalue weighted by molar-refractivity contribution is 5.87. The Morgan fingerprint density at radius 1 is 1.19 bits per heavy atom. The minimum Gasteiger partial charge on any atom is -0.443 e. The molecule has 2 aromatic carbocycles. The summed E-state index contributed by atoms with van der Waals surface area (Å²) in [6.07, 6.45) is -0.789. The Balaban J connectivity index is 2.12. The van der Waals surface area contributed by atoms with Crippen LogP contribution in [0.4, 0.5) is 9.18 Å². The summed E-state index contributed by atoms with van der Waals surface area (Å²) in [5.74, 6) is -0.588. The number of rotatable bonds is 2. The Kier molecular flexibility index (Phi) is 4.58. The van der Waals surface area contributed by atoms with Crippen LogP contribution in [0.1, 0.15) is 31.9 Å². The molecule has 1 aromatic heterocycles. The largest absolute Gasteiger partial charge is 0.443 e. The van der Waals surface area contributed by atoms with Crippen LogP contribution in [0, 0.1) is 17.1 Å². The number of nitrogens with zero attached hydrogens (tertiary/aromatic N) is 3. The number of aromatic nitrogens is 2. The zero-order valence-electron chi connectivity index (χ0n) is 15.2. The molecule has 7 heteroatoms. The molecule has 138 valence electrons. The van der Waals surface area contributed by atoms with E-state index in [1.807, 2.05) is 6.07 Å². The van der Waals surface area contributed by atoms with Gasteiger partial charge in [0.1, 0.15) is 11.4 Å². The monoisotopic (exact) mass is 367 g/mol. The summed E-state index contributed by atoms with van der Waals surface area (Å²) in [4.78, 5) is 25.4. The molecule has 3 rings (SSSR count). The van der Waals surface area contributed by atoms with Gasteiger partial charge >= 0.3 is 11.8 Å². The number of imidazole rings is 1. The maximum absolute atomic E-state index is 14.3. The number of nitriles is 1. The van der Waals surface area contributed by atoms with Gasteiger partial charge < -0.3 is 4.74 Å². The van der Waals surface area contributed by atoms with Gasteiger partial charge in [0.15, 0.2) is 0 Å². The molecule has 0 N–H and O–H groups in total. The normalized spacial score (nSPS) is 11.4. The molecule has 0 unspecified atom stereocenters. The Hall–Kier alpha value is -3.40. The van der Waals surface area contributed by atoms with Crippen molar-refractivity contribution in [2.45, 2.75) is 32.9 Å². The fourth-order valence-corrected chi connectivity index (χ4v) is 2.76. The number of hydrogen-bond donors (Lipinski definition) is 0. The van der Waals surface area contributed by atoms with E-state index < -0.39 is 23.2 Å². The van der Waals surface area contributed by atoms with Crippen LogP contribution in [0.15, 0.2) is 47.3 Å². The molecule has 1 heterocycles. The smallest absolute Gasteiger partial charge is 0.423 e. The highest BCUT2D eigenvalue weighted by atomic mass is 19.1. The molecule has 0 amide bonds. The quantitative estimate of drug-likeness (QED) is 0.693. The summed E-state index contributed by atoms with van der Waals surface area (Å²) in [5.41, 5.74) is -0.0843. The van der Waals surface area contributed by atoms with Gasteiger partial charge in [-0.2, -0.15) is 9.83 Å². The van der Waals surface area contributed by atoms with E-state index in [1.54, 1.807) is 45.0 Å². The highest BCUT2D eigenvalue weighted by Crippen LogP contribution is 2.18. The van der Waals surface area contributed by atoms with Gasteiger partial charge in [0.25, 0.3) is 0 Å². The third kappa shape index (κ3) is 3.60. The lowest BCUT2D eigenvalue weighted by Crippen LogP contribution is -2.34. The number of fused-ring (bicyclic) bond motifs is 1. The molecule has 0 saturated carbocycles. The molecule has 3 aromatic rings. The average Bonchev–Trinajstić information content (AvgIpc) is 2.87. The predicted octanol–water partition coefficient (Wildman–Crippen LogP) is 3.65. The Labute approximate surface area is 155 Å². The van der Waals surface area contributed by atoms with Gasteiger partial charge in [-0.1, -0.05) is 18.2 Å². The minimum atomic E-state index is -0.789. The maximum atomic E-state index is 14.3. The third-order valence-corrected chi connectivity index (χ3v) is 3.92. The maximum Gasteiger partial charge on any atom is 0.423 e. The van der Waals surface area contributed by atoms with Crippen molar-refractivity contribution in [2.24, 2.45) is 0 Å². The molecule has 0 bridgehead atoms. The number of carbonyl (C=O) groups excluding carboxylic acids is 1. The molecule has 0 saturated heterocycles. The molecule has 6 nitrogen and oxygen atoms in total. The number of halogens is 1. The summed E-state index contributed by atoms with van der Waals surface area (Å²) < 4.78 is 21.9. The van der Waals surface area contributed by atoms with E-state index in [9.17, 15) is 14.0 Å². The van der Waals surface area contributed by atoms with Crippen molar-refractivity contribution in [2.75, 3.05) is 0 Å². The van der Waals surface area contributed by atoms with E-state index in [0.29, 0.717) is 11.0 Å². The van der Waals surface area contributed by atoms with Crippen molar-refractivity contribution < 1.29 is 13.9 Å². The van der Waals surface area contributed by atoms with Gasteiger partial charge in [-0.15, -0.1) is 0 Å². The number of carbonyl (C=O) groups is 1. The second-order valence-electron chi connectivity index (χ2n) is 7.09. The van der Waals surface area contributed by atoms with Crippen LogP contribution in [0.3, 0.4) is 0 Å². The zero-order valence-corrected chi connectivity index (χ0v) is 15.2. The summed E-state index contributed by atoms with van der Waals surface area (Å²) in [5, 5.41) is 8.86. The van der Waals surface area contributed by atoms with Gasteiger partial charge in [0, 0.05) is 5.56 Å². The fraction of sp³-hybridized carbons (Fsp3) is 0.250. The first-order valence-corrected chi connectivity index (χ1v) is 8.33. The van der Waals surface area contributed by atoms with Gasteiger partial charge in [-0.25, -0.2) is 14.0 Å². The Bertz CT molecular complexity index is 1130. The van der Waals surface area contributed by atoms with E-state index >= 15 is 0 Å². The summed E-state index contributed by atoms with van der Waals surface area (Å²) in [6, 6.07) is 12.7. The lowest BCUT2D eigenvalue weighted by molar-refractivity contribution is 0.0537. The van der Waals surface area contributed by atoms with E-state index in [2.05, 4.69) is 0 Å². The topological polar surface area (TPSA) is 77.0 Å². The highest BCUT2D eigenvalue weighted by Gasteiger charge is 2.24. The van der Waals surface area contributed by atoms with E-state index in [1.165, 1.54) is 16.7 Å². The molecule has 0 aliphatic rings. The van der Waals surface area contributed by atoms with Crippen LogP contribution in [-0.4, -0.2) is 20.8 Å². The molecule has 27 heavy (non-hydrogen) atoms. The number of ether oxygens (including phenoxy) is 1. The van der Waals surface area contributed by atoms with Crippen molar-refractivity contribution >= 4 is 17.1 Å². The first-order chi connectivity index (χ1) is 12.7. The number of benzene rings is 2. The van der Waals surface area contributed by atoms with Crippen molar-refractivity contribution in [3.05, 3.63) is 69.9 Å². The summed E-state index contributed by atoms with van der Waals surface area (Å²) in [7, 11) is 0. The molecule has 0 spiro atoms. The molecular formula is C20H18FN3O3. The first kappa shape index (κ1) is 18.4. The molecule has 0 aliphatic heterocycles. The molecule has 0 aliphatic carbocycles. The molecule has 0 fully saturated rings. The second-order valence-corrected chi connectivity index (χ2v) is 7.09. The Morgan fingerprint density at radius 2 is 1.85 bits per heavy atom. The van der Waals surface area contributed by atoms with Crippen LogP contribution in [0.2, 0.25) is 0 Å². The lowest BCUT2D eigenvalue weighted by atomic mass is 10.1. The first-order valence-electron chi connectivity index (χ1n) is 8.33. The van der Waals surface area contributed by atoms with Crippen LogP contribution in [-0.2, 0) is 11.3 Å². The van der Waals surface area contributed by atoms with Gasteiger partial charge in [-0.05, 0) is 45.0 Å².